The van der Waals surface area contributed by atoms with Gasteiger partial charge < -0.3 is 0 Å². The third kappa shape index (κ3) is 3.41. The number of aryl methyl sites for hydroxylation is 2. The van der Waals surface area contributed by atoms with Crippen molar-refractivity contribution in [2.75, 3.05) is 0 Å². The highest BCUT2D eigenvalue weighted by Gasteiger charge is 2.27. The highest BCUT2D eigenvalue weighted by Crippen LogP contribution is 2.20. The zero-order valence-corrected chi connectivity index (χ0v) is 17.6. The van der Waals surface area contributed by atoms with Crippen molar-refractivity contribution < 1.29 is 4.57 Å². The third-order valence-corrected chi connectivity index (χ3v) is 5.48. The molecule has 0 radical (unpaired) electrons. The minimum atomic E-state index is -0.187. The van der Waals surface area contributed by atoms with Gasteiger partial charge in [-0.25, -0.2) is 14.4 Å². The molecule has 0 saturated heterocycles. The van der Waals surface area contributed by atoms with Crippen molar-refractivity contribution in [1.29, 1.82) is 0 Å². The van der Waals surface area contributed by atoms with E-state index in [1.807, 2.05) is 35.3 Å². The lowest BCUT2D eigenvalue weighted by Crippen LogP contribution is -2.50. The average Bonchev–Trinajstić information content (AvgIpc) is 3.50. The van der Waals surface area contributed by atoms with Gasteiger partial charge in [0.2, 0.25) is 5.82 Å². The maximum Gasteiger partial charge on any atom is 0.431 e. The summed E-state index contributed by atoms with van der Waals surface area (Å²) in [6.45, 7) is 5.34. The second kappa shape index (κ2) is 7.82. The van der Waals surface area contributed by atoms with Gasteiger partial charge in [-0.1, -0.05) is 25.8 Å². The highest BCUT2D eigenvalue weighted by atomic mass is 16.1. The molecule has 0 unspecified atom stereocenters. The molecular formula is C22H23N8O+. The van der Waals surface area contributed by atoms with Crippen molar-refractivity contribution >= 4 is 17.6 Å². The molecule has 5 rings (SSSR count). The highest BCUT2D eigenvalue weighted by molar-refractivity contribution is 5.81. The molecule has 1 aliphatic rings. The average molecular weight is 415 g/mol. The van der Waals surface area contributed by atoms with Crippen molar-refractivity contribution in [1.82, 2.24) is 29.4 Å². The molecule has 0 spiro atoms. The molecule has 9 heteroatoms. The quantitative estimate of drug-likeness (QED) is 0.336. The summed E-state index contributed by atoms with van der Waals surface area (Å²) in [6, 6.07) is 3.92. The lowest BCUT2D eigenvalue weighted by Gasteiger charge is -2.04. The van der Waals surface area contributed by atoms with Gasteiger partial charge in [0.05, 0.1) is 25.0 Å². The summed E-state index contributed by atoms with van der Waals surface area (Å²) in [6.07, 6.45) is 12.5. The predicted octanol–water partition coefficient (Wildman–Crippen LogP) is 1.37. The van der Waals surface area contributed by atoms with Crippen molar-refractivity contribution in [2.45, 2.75) is 46.2 Å². The SMILES string of the molecule is CCCCC[n+]1c2c(c(=O)n3c(C)nnc31)=NC(c1cnn(Cc3cccnc3)c1)=C2. The predicted molar refractivity (Wildman–Crippen MR) is 114 cm³/mol. The summed E-state index contributed by atoms with van der Waals surface area (Å²) in [5, 5.41) is 13.3. The van der Waals surface area contributed by atoms with Crippen molar-refractivity contribution in [3.8, 4) is 0 Å². The van der Waals surface area contributed by atoms with Gasteiger partial charge in [0, 0.05) is 42.3 Å². The monoisotopic (exact) mass is 415 g/mol. The molecule has 0 aliphatic carbocycles. The topological polar surface area (TPSA) is 94.2 Å². The van der Waals surface area contributed by atoms with E-state index in [4.69, 9.17) is 0 Å². The maximum atomic E-state index is 13.1. The number of fused-ring (bicyclic) bond motifs is 2. The lowest BCUT2D eigenvalue weighted by molar-refractivity contribution is -0.679. The molecule has 0 bridgehead atoms. The van der Waals surface area contributed by atoms with Crippen molar-refractivity contribution in [3.05, 3.63) is 75.3 Å². The van der Waals surface area contributed by atoms with Crippen LogP contribution in [0.5, 0.6) is 0 Å². The van der Waals surface area contributed by atoms with Gasteiger partial charge in [-0.2, -0.15) is 5.10 Å². The number of hydrogen-bond donors (Lipinski definition) is 0. The Balaban J connectivity index is 1.55. The molecule has 0 saturated carbocycles. The summed E-state index contributed by atoms with van der Waals surface area (Å²) in [7, 11) is 0. The van der Waals surface area contributed by atoms with Gasteiger partial charge in [0.1, 0.15) is 5.69 Å². The van der Waals surface area contributed by atoms with Crippen LogP contribution in [0.3, 0.4) is 0 Å². The zero-order valence-electron chi connectivity index (χ0n) is 17.6. The van der Waals surface area contributed by atoms with Gasteiger partial charge in [-0.15, -0.1) is 4.40 Å². The summed E-state index contributed by atoms with van der Waals surface area (Å²) >= 11 is 0. The van der Waals surface area contributed by atoms with Crippen LogP contribution in [0.1, 0.15) is 48.8 Å². The Hall–Kier alpha value is -3.75. The smallest absolute Gasteiger partial charge is 0.268 e. The Morgan fingerprint density at radius 2 is 2.06 bits per heavy atom. The molecule has 1 aliphatic heterocycles. The molecule has 4 aromatic heterocycles. The minimum Gasteiger partial charge on any atom is -0.268 e. The molecule has 4 aromatic rings. The molecular weight excluding hydrogens is 392 g/mol. The Bertz CT molecular complexity index is 1400. The van der Waals surface area contributed by atoms with Crippen LogP contribution in [0.2, 0.25) is 0 Å². The molecule has 156 valence electrons. The molecule has 0 amide bonds. The molecule has 0 N–H and O–H groups in total. The Labute approximate surface area is 178 Å². The summed E-state index contributed by atoms with van der Waals surface area (Å²) in [4.78, 5) is 22.0. The maximum absolute atomic E-state index is 13.1. The zero-order chi connectivity index (χ0) is 21.4. The first kappa shape index (κ1) is 19.2. The Morgan fingerprint density at radius 1 is 1.16 bits per heavy atom. The van der Waals surface area contributed by atoms with E-state index in [0.717, 1.165) is 48.3 Å². The lowest BCUT2D eigenvalue weighted by atomic mass is 10.2. The van der Waals surface area contributed by atoms with Gasteiger partial charge in [0.25, 0.3) is 0 Å². The van der Waals surface area contributed by atoms with E-state index in [-0.39, 0.29) is 5.56 Å². The molecule has 31 heavy (non-hydrogen) atoms. The second-order valence-electron chi connectivity index (χ2n) is 7.71. The van der Waals surface area contributed by atoms with Crippen LogP contribution in [0, 0.1) is 6.92 Å². The van der Waals surface area contributed by atoms with Crippen LogP contribution in [0.4, 0.5) is 0 Å². The van der Waals surface area contributed by atoms with E-state index < -0.39 is 0 Å². The third-order valence-electron chi connectivity index (χ3n) is 5.48. The van der Waals surface area contributed by atoms with Gasteiger partial charge in [-0.3, -0.25) is 9.67 Å². The summed E-state index contributed by atoms with van der Waals surface area (Å²) < 4.78 is 5.46. The van der Waals surface area contributed by atoms with Crippen LogP contribution < -0.4 is 15.5 Å². The molecule has 0 atom stereocenters. The number of rotatable bonds is 7. The summed E-state index contributed by atoms with van der Waals surface area (Å²) in [5.41, 5.74) is 3.27. The fourth-order valence-electron chi connectivity index (χ4n) is 3.90. The van der Waals surface area contributed by atoms with Crippen LogP contribution in [-0.4, -0.2) is 29.4 Å². The first-order valence-corrected chi connectivity index (χ1v) is 10.5. The van der Waals surface area contributed by atoms with Crippen LogP contribution in [-0.2, 0) is 13.1 Å². The van der Waals surface area contributed by atoms with E-state index in [1.54, 1.807) is 23.7 Å². The Kier molecular flexibility index (Phi) is 4.85. The first-order chi connectivity index (χ1) is 15.2. The number of nitrogens with zero attached hydrogens (tertiary/aromatic N) is 8. The van der Waals surface area contributed by atoms with Crippen molar-refractivity contribution in [2.24, 2.45) is 4.99 Å². The van der Waals surface area contributed by atoms with Crippen LogP contribution in [0.25, 0.3) is 17.6 Å². The second-order valence-corrected chi connectivity index (χ2v) is 7.71. The number of aromatic nitrogens is 7. The van der Waals surface area contributed by atoms with Gasteiger partial charge >= 0.3 is 11.3 Å². The van der Waals surface area contributed by atoms with E-state index in [0.29, 0.717) is 23.5 Å². The number of hydrogen-bond acceptors (Lipinski definition) is 6. The fourth-order valence-corrected chi connectivity index (χ4v) is 3.90. The molecule has 0 aromatic carbocycles. The van der Waals surface area contributed by atoms with Crippen molar-refractivity contribution in [3.63, 3.8) is 0 Å². The van der Waals surface area contributed by atoms with Gasteiger partial charge in [0.15, 0.2) is 5.36 Å². The normalized spacial score (nSPS) is 12.8. The van der Waals surface area contributed by atoms with Crippen LogP contribution >= 0.6 is 0 Å². The van der Waals surface area contributed by atoms with E-state index >= 15 is 0 Å². The van der Waals surface area contributed by atoms with E-state index in [9.17, 15) is 4.79 Å². The summed E-state index contributed by atoms with van der Waals surface area (Å²) in [5.74, 6) is 1.14. The Morgan fingerprint density at radius 3 is 2.87 bits per heavy atom. The van der Waals surface area contributed by atoms with Gasteiger partial charge in [-0.05, 0) is 23.1 Å². The molecule has 9 nitrogen and oxygen atoms in total. The fraction of sp³-hybridized carbons (Fsp3) is 0.318. The van der Waals surface area contributed by atoms with Crippen LogP contribution in [0.15, 0.2) is 46.7 Å². The standard InChI is InChI=1S/C22H23N8O/c1-3-4-5-9-29-19-10-18(25-20(19)21(31)30-15(2)26-27-22(29)30)17-12-24-28(14-17)13-16-7-6-8-23-11-16/h6-8,10-12,14H,3-5,9,13H2,1-2H3/q+1. The minimum absolute atomic E-state index is 0.187. The first-order valence-electron chi connectivity index (χ1n) is 10.5. The largest absolute Gasteiger partial charge is 0.431 e. The molecule has 0 fully saturated rings. The molecule has 5 heterocycles. The van der Waals surface area contributed by atoms with E-state index in [1.165, 1.54) is 0 Å². The van der Waals surface area contributed by atoms with E-state index in [2.05, 4.69) is 36.8 Å². The number of unbranched alkanes of at least 4 members (excludes halogenated alkanes) is 2. The number of pyridine rings is 1.